The van der Waals surface area contributed by atoms with Crippen LogP contribution in [0.25, 0.3) is 0 Å². The summed E-state index contributed by atoms with van der Waals surface area (Å²) in [6.07, 6.45) is -0.0659. The fourth-order valence-electron chi connectivity index (χ4n) is 1.36. The molecule has 1 aromatic carbocycles. The Morgan fingerprint density at radius 1 is 1.24 bits per heavy atom. The van der Waals surface area contributed by atoms with Gasteiger partial charge in [-0.1, -0.05) is 12.1 Å². The molecule has 0 aliphatic heterocycles. The van der Waals surface area contributed by atoms with E-state index in [0.29, 0.717) is 5.56 Å². The SMILES string of the molecule is CNCc1ccc(C(=O)NCCC(=O)O)cc1. The van der Waals surface area contributed by atoms with Gasteiger partial charge in [0.25, 0.3) is 5.91 Å². The molecular weight excluding hydrogens is 220 g/mol. The number of carboxylic acid groups (broad SMARTS) is 1. The summed E-state index contributed by atoms with van der Waals surface area (Å²) in [6, 6.07) is 7.18. The van der Waals surface area contributed by atoms with Crippen molar-refractivity contribution >= 4 is 11.9 Å². The normalized spacial score (nSPS) is 9.94. The summed E-state index contributed by atoms with van der Waals surface area (Å²) in [6.45, 7) is 0.896. The van der Waals surface area contributed by atoms with Crippen LogP contribution in [0, 0.1) is 0 Å². The lowest BCUT2D eigenvalue weighted by atomic mass is 10.1. The first kappa shape index (κ1) is 13.2. The van der Waals surface area contributed by atoms with Crippen LogP contribution in [0.1, 0.15) is 22.3 Å². The maximum absolute atomic E-state index is 11.6. The van der Waals surface area contributed by atoms with Gasteiger partial charge >= 0.3 is 5.97 Å². The van der Waals surface area contributed by atoms with Gasteiger partial charge in [0.1, 0.15) is 0 Å². The van der Waals surface area contributed by atoms with Gasteiger partial charge in [-0.05, 0) is 24.7 Å². The fourth-order valence-corrected chi connectivity index (χ4v) is 1.36. The zero-order chi connectivity index (χ0) is 12.7. The highest BCUT2D eigenvalue weighted by atomic mass is 16.4. The third-order valence-corrected chi connectivity index (χ3v) is 2.22. The Hall–Kier alpha value is -1.88. The number of carboxylic acids is 1. The Labute approximate surface area is 99.8 Å². The maximum Gasteiger partial charge on any atom is 0.305 e. The summed E-state index contributed by atoms with van der Waals surface area (Å²) >= 11 is 0. The van der Waals surface area contributed by atoms with Gasteiger partial charge in [0.05, 0.1) is 6.42 Å². The lowest BCUT2D eigenvalue weighted by Gasteiger charge is -2.05. The molecule has 0 saturated carbocycles. The van der Waals surface area contributed by atoms with E-state index in [1.807, 2.05) is 19.2 Å². The molecule has 0 saturated heterocycles. The Morgan fingerprint density at radius 3 is 2.41 bits per heavy atom. The molecule has 0 spiro atoms. The number of aliphatic carboxylic acids is 1. The van der Waals surface area contributed by atoms with Crippen molar-refractivity contribution in [3.05, 3.63) is 35.4 Å². The molecule has 0 fully saturated rings. The summed E-state index contributed by atoms with van der Waals surface area (Å²) in [5, 5.41) is 14.0. The molecule has 0 aliphatic carbocycles. The Kier molecular flexibility index (Phi) is 5.16. The van der Waals surface area contributed by atoms with Crippen molar-refractivity contribution in [2.24, 2.45) is 0 Å². The van der Waals surface area contributed by atoms with E-state index < -0.39 is 5.97 Å². The second-order valence-corrected chi connectivity index (χ2v) is 3.63. The van der Waals surface area contributed by atoms with Gasteiger partial charge in [-0.25, -0.2) is 0 Å². The quantitative estimate of drug-likeness (QED) is 0.676. The third kappa shape index (κ3) is 4.65. The molecule has 0 atom stereocenters. The van der Waals surface area contributed by atoms with E-state index in [-0.39, 0.29) is 18.9 Å². The molecule has 0 heterocycles. The van der Waals surface area contributed by atoms with Crippen LogP contribution in [-0.2, 0) is 11.3 Å². The molecule has 5 nitrogen and oxygen atoms in total. The molecule has 0 unspecified atom stereocenters. The van der Waals surface area contributed by atoms with E-state index >= 15 is 0 Å². The minimum atomic E-state index is -0.922. The summed E-state index contributed by atoms with van der Waals surface area (Å²) < 4.78 is 0. The van der Waals surface area contributed by atoms with Gasteiger partial charge in [0, 0.05) is 18.7 Å². The second-order valence-electron chi connectivity index (χ2n) is 3.63. The van der Waals surface area contributed by atoms with Crippen LogP contribution in [0.15, 0.2) is 24.3 Å². The summed E-state index contributed by atoms with van der Waals surface area (Å²) in [7, 11) is 1.85. The van der Waals surface area contributed by atoms with Crippen molar-refractivity contribution in [2.75, 3.05) is 13.6 Å². The van der Waals surface area contributed by atoms with Gasteiger partial charge in [-0.3, -0.25) is 9.59 Å². The van der Waals surface area contributed by atoms with Crippen LogP contribution in [0.2, 0.25) is 0 Å². The third-order valence-electron chi connectivity index (χ3n) is 2.22. The number of nitrogens with one attached hydrogen (secondary N) is 2. The van der Waals surface area contributed by atoms with Crippen LogP contribution in [-0.4, -0.2) is 30.6 Å². The van der Waals surface area contributed by atoms with Crippen LogP contribution >= 0.6 is 0 Å². The topological polar surface area (TPSA) is 78.4 Å². The van der Waals surface area contributed by atoms with Crippen molar-refractivity contribution in [3.63, 3.8) is 0 Å². The molecule has 0 aromatic heterocycles. The van der Waals surface area contributed by atoms with E-state index in [4.69, 9.17) is 5.11 Å². The van der Waals surface area contributed by atoms with Crippen LogP contribution in [0.3, 0.4) is 0 Å². The minimum Gasteiger partial charge on any atom is -0.481 e. The molecule has 5 heteroatoms. The highest BCUT2D eigenvalue weighted by Gasteiger charge is 2.05. The van der Waals surface area contributed by atoms with E-state index in [2.05, 4.69) is 10.6 Å². The average Bonchev–Trinajstić information content (AvgIpc) is 2.30. The largest absolute Gasteiger partial charge is 0.481 e. The van der Waals surface area contributed by atoms with Gasteiger partial charge < -0.3 is 15.7 Å². The minimum absolute atomic E-state index is 0.0659. The van der Waals surface area contributed by atoms with Crippen molar-refractivity contribution < 1.29 is 14.7 Å². The monoisotopic (exact) mass is 236 g/mol. The molecule has 0 aliphatic rings. The van der Waals surface area contributed by atoms with Crippen molar-refractivity contribution in [3.8, 4) is 0 Å². The smallest absolute Gasteiger partial charge is 0.305 e. The lowest BCUT2D eigenvalue weighted by molar-refractivity contribution is -0.136. The molecule has 0 radical (unpaired) electrons. The van der Waals surface area contributed by atoms with Crippen molar-refractivity contribution in [2.45, 2.75) is 13.0 Å². The second kappa shape index (κ2) is 6.65. The number of hydrogen-bond donors (Lipinski definition) is 3. The first-order valence-corrected chi connectivity index (χ1v) is 5.37. The molecular formula is C12H16N2O3. The van der Waals surface area contributed by atoms with E-state index in [1.165, 1.54) is 0 Å². The first-order valence-electron chi connectivity index (χ1n) is 5.37. The predicted octanol–water partition coefficient (Wildman–Crippen LogP) is 0.610. The average molecular weight is 236 g/mol. The standard InChI is InChI=1S/C12H16N2O3/c1-13-8-9-2-4-10(5-3-9)12(17)14-7-6-11(15)16/h2-5,13H,6-8H2,1H3,(H,14,17)(H,15,16). The van der Waals surface area contributed by atoms with Crippen molar-refractivity contribution in [1.82, 2.24) is 10.6 Å². The summed E-state index contributed by atoms with van der Waals surface area (Å²) in [5.41, 5.74) is 1.63. The Balaban J connectivity index is 2.48. The highest BCUT2D eigenvalue weighted by Crippen LogP contribution is 2.04. The van der Waals surface area contributed by atoms with Crippen LogP contribution in [0.4, 0.5) is 0 Å². The highest BCUT2D eigenvalue weighted by molar-refractivity contribution is 5.94. The number of benzene rings is 1. The van der Waals surface area contributed by atoms with Gasteiger partial charge in [0.2, 0.25) is 0 Å². The lowest BCUT2D eigenvalue weighted by Crippen LogP contribution is -2.25. The van der Waals surface area contributed by atoms with Crippen molar-refractivity contribution in [1.29, 1.82) is 0 Å². The maximum atomic E-state index is 11.6. The first-order chi connectivity index (χ1) is 8.13. The number of carbonyl (C=O) groups excluding carboxylic acids is 1. The fraction of sp³-hybridized carbons (Fsp3) is 0.333. The Bertz CT molecular complexity index is 387. The van der Waals surface area contributed by atoms with Gasteiger partial charge in [-0.15, -0.1) is 0 Å². The summed E-state index contributed by atoms with van der Waals surface area (Å²) in [5.74, 6) is -1.17. The zero-order valence-electron chi connectivity index (χ0n) is 9.69. The molecule has 1 aromatic rings. The number of amides is 1. The van der Waals surface area contributed by atoms with E-state index in [0.717, 1.165) is 12.1 Å². The number of hydrogen-bond acceptors (Lipinski definition) is 3. The van der Waals surface area contributed by atoms with Gasteiger partial charge in [-0.2, -0.15) is 0 Å². The van der Waals surface area contributed by atoms with Gasteiger partial charge in [0.15, 0.2) is 0 Å². The molecule has 0 bridgehead atoms. The molecule has 17 heavy (non-hydrogen) atoms. The van der Waals surface area contributed by atoms with E-state index in [9.17, 15) is 9.59 Å². The van der Waals surface area contributed by atoms with Crippen LogP contribution in [0.5, 0.6) is 0 Å². The Morgan fingerprint density at radius 2 is 1.88 bits per heavy atom. The number of rotatable bonds is 6. The van der Waals surface area contributed by atoms with E-state index in [1.54, 1.807) is 12.1 Å². The summed E-state index contributed by atoms with van der Waals surface area (Å²) in [4.78, 5) is 21.9. The number of carbonyl (C=O) groups is 2. The molecule has 92 valence electrons. The molecule has 1 amide bonds. The molecule has 1 rings (SSSR count). The predicted molar refractivity (Wildman–Crippen MR) is 63.8 cm³/mol. The van der Waals surface area contributed by atoms with Crippen LogP contribution < -0.4 is 10.6 Å². The molecule has 3 N–H and O–H groups in total. The zero-order valence-corrected chi connectivity index (χ0v) is 9.69.